The van der Waals surface area contributed by atoms with Crippen LogP contribution in [0.25, 0.3) is 0 Å². The predicted octanol–water partition coefficient (Wildman–Crippen LogP) is 0.798. The van der Waals surface area contributed by atoms with Crippen molar-refractivity contribution >= 4 is 5.96 Å². The summed E-state index contributed by atoms with van der Waals surface area (Å²) >= 11 is 0. The van der Waals surface area contributed by atoms with E-state index in [0.29, 0.717) is 18.6 Å². The molecule has 1 aliphatic rings. The van der Waals surface area contributed by atoms with E-state index in [4.69, 9.17) is 10.5 Å². The lowest BCUT2D eigenvalue weighted by atomic mass is 10.3. The number of rotatable bonds is 8. The summed E-state index contributed by atoms with van der Waals surface area (Å²) in [7, 11) is 1.68. The summed E-state index contributed by atoms with van der Waals surface area (Å²) in [6, 6.07) is 1.57. The van der Waals surface area contributed by atoms with Gasteiger partial charge < -0.3 is 15.8 Å². The lowest BCUT2D eigenvalue weighted by Crippen LogP contribution is -2.41. The average Bonchev–Trinajstić information content (AvgIpc) is 3.07. The molecule has 0 saturated heterocycles. The predicted molar refractivity (Wildman–Crippen MR) is 75.8 cm³/mol. The second kappa shape index (κ2) is 7.59. The highest BCUT2D eigenvalue weighted by Crippen LogP contribution is 2.28. The summed E-state index contributed by atoms with van der Waals surface area (Å²) in [6.07, 6.45) is 2.67. The SMILES string of the molecule is COCC(C)NC(N)=NCCN(C(C)C)C1CC1. The Morgan fingerprint density at radius 3 is 2.61 bits per heavy atom. The van der Waals surface area contributed by atoms with Gasteiger partial charge >= 0.3 is 0 Å². The number of hydrogen-bond donors (Lipinski definition) is 2. The van der Waals surface area contributed by atoms with Crippen molar-refractivity contribution in [3.8, 4) is 0 Å². The molecule has 5 heteroatoms. The summed E-state index contributed by atoms with van der Waals surface area (Å²) in [4.78, 5) is 6.87. The molecule has 0 aromatic carbocycles. The molecular weight excluding hydrogens is 228 g/mol. The van der Waals surface area contributed by atoms with Crippen LogP contribution in [0.1, 0.15) is 33.6 Å². The maximum Gasteiger partial charge on any atom is 0.188 e. The van der Waals surface area contributed by atoms with Gasteiger partial charge in [-0.3, -0.25) is 9.89 Å². The van der Waals surface area contributed by atoms with Gasteiger partial charge in [0.05, 0.1) is 13.2 Å². The Hall–Kier alpha value is -0.810. The Morgan fingerprint density at radius 1 is 1.44 bits per heavy atom. The van der Waals surface area contributed by atoms with Gasteiger partial charge in [0.15, 0.2) is 5.96 Å². The minimum absolute atomic E-state index is 0.198. The van der Waals surface area contributed by atoms with Crippen LogP contribution < -0.4 is 11.1 Å². The maximum absolute atomic E-state index is 5.82. The quantitative estimate of drug-likeness (QED) is 0.498. The monoisotopic (exact) mass is 256 g/mol. The van der Waals surface area contributed by atoms with Crippen LogP contribution in [-0.2, 0) is 4.74 Å². The highest BCUT2D eigenvalue weighted by molar-refractivity contribution is 5.78. The topological polar surface area (TPSA) is 62.9 Å². The molecule has 1 atom stereocenters. The Kier molecular flexibility index (Phi) is 6.43. The van der Waals surface area contributed by atoms with Crippen LogP contribution in [-0.4, -0.2) is 55.8 Å². The Labute approximate surface area is 111 Å². The van der Waals surface area contributed by atoms with Gasteiger partial charge in [-0.05, 0) is 33.6 Å². The lowest BCUT2D eigenvalue weighted by molar-refractivity contribution is 0.179. The number of hydrogen-bond acceptors (Lipinski definition) is 3. The third-order valence-corrected chi connectivity index (χ3v) is 3.13. The van der Waals surface area contributed by atoms with Gasteiger partial charge in [-0.1, -0.05) is 0 Å². The van der Waals surface area contributed by atoms with Crippen molar-refractivity contribution in [1.29, 1.82) is 0 Å². The molecule has 106 valence electrons. The fourth-order valence-electron chi connectivity index (χ4n) is 2.14. The summed E-state index contributed by atoms with van der Waals surface area (Å²) in [6.45, 7) is 8.89. The van der Waals surface area contributed by atoms with Gasteiger partial charge in [0, 0.05) is 31.8 Å². The average molecular weight is 256 g/mol. The van der Waals surface area contributed by atoms with Crippen LogP contribution in [0.3, 0.4) is 0 Å². The number of methoxy groups -OCH3 is 1. The number of aliphatic imine (C=N–C) groups is 1. The number of nitrogens with one attached hydrogen (secondary N) is 1. The zero-order valence-corrected chi connectivity index (χ0v) is 12.1. The fraction of sp³-hybridized carbons (Fsp3) is 0.923. The zero-order chi connectivity index (χ0) is 13.5. The van der Waals surface area contributed by atoms with Crippen molar-refractivity contribution in [2.24, 2.45) is 10.7 Å². The van der Waals surface area contributed by atoms with Crippen LogP contribution in [0.4, 0.5) is 0 Å². The van der Waals surface area contributed by atoms with E-state index in [2.05, 4.69) is 29.1 Å². The van der Waals surface area contributed by atoms with Crippen molar-refractivity contribution in [3.63, 3.8) is 0 Å². The van der Waals surface area contributed by atoms with E-state index in [0.717, 1.165) is 19.1 Å². The second-order valence-electron chi connectivity index (χ2n) is 5.33. The summed E-state index contributed by atoms with van der Waals surface area (Å²) in [5.41, 5.74) is 5.82. The van der Waals surface area contributed by atoms with E-state index in [1.807, 2.05) is 6.92 Å². The molecule has 0 aromatic rings. The van der Waals surface area contributed by atoms with Crippen molar-refractivity contribution in [2.75, 3.05) is 26.8 Å². The molecule has 3 N–H and O–H groups in total. The molecule has 1 aliphatic carbocycles. The van der Waals surface area contributed by atoms with Crippen molar-refractivity contribution in [2.45, 2.75) is 51.7 Å². The van der Waals surface area contributed by atoms with E-state index in [1.54, 1.807) is 7.11 Å². The molecule has 0 spiro atoms. The molecule has 1 saturated carbocycles. The van der Waals surface area contributed by atoms with Gasteiger partial charge in [0.2, 0.25) is 0 Å². The van der Waals surface area contributed by atoms with Crippen LogP contribution in [0.5, 0.6) is 0 Å². The molecule has 1 unspecified atom stereocenters. The van der Waals surface area contributed by atoms with Crippen molar-refractivity contribution < 1.29 is 4.74 Å². The molecule has 1 rings (SSSR count). The standard InChI is InChI=1S/C13H28N4O/c1-10(2)17(12-5-6-12)8-7-15-13(14)16-11(3)9-18-4/h10-12H,5-9H2,1-4H3,(H3,14,15,16). The Morgan fingerprint density at radius 2 is 2.11 bits per heavy atom. The van der Waals surface area contributed by atoms with Crippen LogP contribution >= 0.6 is 0 Å². The normalized spacial score (nSPS) is 18.4. The highest BCUT2D eigenvalue weighted by Gasteiger charge is 2.29. The lowest BCUT2D eigenvalue weighted by Gasteiger charge is -2.25. The largest absolute Gasteiger partial charge is 0.383 e. The molecule has 0 aliphatic heterocycles. The summed E-state index contributed by atoms with van der Waals surface area (Å²) in [5, 5.41) is 3.11. The first-order valence-corrected chi connectivity index (χ1v) is 6.85. The van der Waals surface area contributed by atoms with Gasteiger partial charge in [-0.25, -0.2) is 0 Å². The molecule has 0 aromatic heterocycles. The first-order valence-electron chi connectivity index (χ1n) is 6.85. The third kappa shape index (κ3) is 5.69. The maximum atomic E-state index is 5.82. The fourth-order valence-corrected chi connectivity index (χ4v) is 2.14. The van der Waals surface area contributed by atoms with Gasteiger partial charge in [0.25, 0.3) is 0 Å². The van der Waals surface area contributed by atoms with Gasteiger partial charge in [-0.15, -0.1) is 0 Å². The second-order valence-corrected chi connectivity index (χ2v) is 5.33. The minimum Gasteiger partial charge on any atom is -0.383 e. The number of guanidine groups is 1. The van der Waals surface area contributed by atoms with E-state index in [1.165, 1.54) is 12.8 Å². The molecule has 0 radical (unpaired) electrons. The van der Waals surface area contributed by atoms with Crippen LogP contribution in [0.15, 0.2) is 4.99 Å². The first-order chi connectivity index (χ1) is 8.54. The van der Waals surface area contributed by atoms with E-state index < -0.39 is 0 Å². The Balaban J connectivity index is 2.25. The molecule has 0 bridgehead atoms. The number of nitrogens with two attached hydrogens (primary N) is 1. The third-order valence-electron chi connectivity index (χ3n) is 3.13. The molecule has 0 amide bonds. The molecule has 0 heterocycles. The molecular formula is C13H28N4O. The van der Waals surface area contributed by atoms with Crippen molar-refractivity contribution in [1.82, 2.24) is 10.2 Å². The number of nitrogens with zero attached hydrogens (tertiary/aromatic N) is 2. The minimum atomic E-state index is 0.198. The number of ether oxygens (including phenoxy) is 1. The molecule has 1 fully saturated rings. The highest BCUT2D eigenvalue weighted by atomic mass is 16.5. The first kappa shape index (κ1) is 15.2. The van der Waals surface area contributed by atoms with E-state index in [-0.39, 0.29) is 6.04 Å². The van der Waals surface area contributed by atoms with Gasteiger partial charge in [0.1, 0.15) is 0 Å². The summed E-state index contributed by atoms with van der Waals surface area (Å²) in [5.74, 6) is 0.513. The zero-order valence-electron chi connectivity index (χ0n) is 12.1. The molecule has 5 nitrogen and oxygen atoms in total. The van der Waals surface area contributed by atoms with Gasteiger partial charge in [-0.2, -0.15) is 0 Å². The van der Waals surface area contributed by atoms with E-state index >= 15 is 0 Å². The molecule has 18 heavy (non-hydrogen) atoms. The summed E-state index contributed by atoms with van der Waals surface area (Å²) < 4.78 is 5.04. The van der Waals surface area contributed by atoms with Crippen LogP contribution in [0.2, 0.25) is 0 Å². The smallest absolute Gasteiger partial charge is 0.188 e. The van der Waals surface area contributed by atoms with E-state index in [9.17, 15) is 0 Å². The van der Waals surface area contributed by atoms with Crippen LogP contribution in [0, 0.1) is 0 Å². The van der Waals surface area contributed by atoms with Crippen molar-refractivity contribution in [3.05, 3.63) is 0 Å². The Bertz CT molecular complexity index is 262.